The standard InChI is InChI=1S/C16H15FN2O4/c1-10-6-7-14(19(21)22)16(11(10)2)18-15(20)9-23-13-5-3-4-12(17)8-13/h3-8H,9H2,1-2H3,(H,18,20). The number of nitrogens with zero attached hydrogens (tertiary/aromatic N) is 1. The zero-order valence-corrected chi connectivity index (χ0v) is 12.6. The Hall–Kier alpha value is -2.96. The zero-order valence-electron chi connectivity index (χ0n) is 12.6. The van der Waals surface area contributed by atoms with Crippen molar-refractivity contribution in [2.75, 3.05) is 11.9 Å². The van der Waals surface area contributed by atoms with Gasteiger partial charge in [0.1, 0.15) is 17.3 Å². The van der Waals surface area contributed by atoms with Crippen LogP contribution in [0.15, 0.2) is 36.4 Å². The van der Waals surface area contributed by atoms with E-state index in [4.69, 9.17) is 4.74 Å². The zero-order chi connectivity index (χ0) is 17.0. The van der Waals surface area contributed by atoms with E-state index >= 15 is 0 Å². The van der Waals surface area contributed by atoms with E-state index in [1.807, 2.05) is 0 Å². The monoisotopic (exact) mass is 318 g/mol. The molecule has 2 aromatic rings. The topological polar surface area (TPSA) is 81.5 Å². The highest BCUT2D eigenvalue weighted by Gasteiger charge is 2.19. The first-order valence-corrected chi connectivity index (χ1v) is 6.81. The first-order valence-electron chi connectivity index (χ1n) is 6.81. The SMILES string of the molecule is Cc1ccc([N+](=O)[O-])c(NC(=O)COc2cccc(F)c2)c1C. The van der Waals surface area contributed by atoms with Crippen molar-refractivity contribution < 1.29 is 18.8 Å². The maximum Gasteiger partial charge on any atom is 0.293 e. The number of hydrogen-bond acceptors (Lipinski definition) is 4. The Morgan fingerprint density at radius 2 is 2.04 bits per heavy atom. The van der Waals surface area contributed by atoms with E-state index in [2.05, 4.69) is 5.32 Å². The summed E-state index contributed by atoms with van der Waals surface area (Å²) in [5.41, 5.74) is 1.38. The van der Waals surface area contributed by atoms with E-state index in [1.165, 1.54) is 24.3 Å². The summed E-state index contributed by atoms with van der Waals surface area (Å²) < 4.78 is 18.2. The number of aryl methyl sites for hydroxylation is 1. The van der Waals surface area contributed by atoms with Crippen LogP contribution in [-0.2, 0) is 4.79 Å². The number of nitrogens with one attached hydrogen (secondary N) is 1. The van der Waals surface area contributed by atoms with Crippen LogP contribution in [0.2, 0.25) is 0 Å². The first-order chi connectivity index (χ1) is 10.9. The molecule has 0 aliphatic rings. The van der Waals surface area contributed by atoms with Crippen LogP contribution in [0.3, 0.4) is 0 Å². The third-order valence-corrected chi connectivity index (χ3v) is 3.34. The van der Waals surface area contributed by atoms with Crippen molar-refractivity contribution >= 4 is 17.3 Å². The van der Waals surface area contributed by atoms with Gasteiger partial charge in [-0.2, -0.15) is 0 Å². The number of rotatable bonds is 5. The number of anilines is 1. The maximum atomic E-state index is 13.0. The molecule has 7 heteroatoms. The van der Waals surface area contributed by atoms with Crippen LogP contribution in [0.1, 0.15) is 11.1 Å². The van der Waals surface area contributed by atoms with E-state index in [9.17, 15) is 19.3 Å². The van der Waals surface area contributed by atoms with Gasteiger partial charge >= 0.3 is 0 Å². The summed E-state index contributed by atoms with van der Waals surface area (Å²) in [7, 11) is 0. The Labute approximate surface area is 132 Å². The quantitative estimate of drug-likeness (QED) is 0.677. The fourth-order valence-electron chi connectivity index (χ4n) is 1.99. The highest BCUT2D eigenvalue weighted by atomic mass is 19.1. The fourth-order valence-corrected chi connectivity index (χ4v) is 1.99. The lowest BCUT2D eigenvalue weighted by Gasteiger charge is -2.11. The van der Waals surface area contributed by atoms with Crippen molar-refractivity contribution in [3.05, 3.63) is 63.5 Å². The summed E-state index contributed by atoms with van der Waals surface area (Å²) >= 11 is 0. The number of nitro groups is 1. The highest BCUT2D eigenvalue weighted by molar-refractivity contribution is 5.95. The Kier molecular flexibility index (Phi) is 4.90. The molecule has 2 rings (SSSR count). The molecule has 0 aromatic heterocycles. The molecular formula is C16H15FN2O4. The Morgan fingerprint density at radius 1 is 1.30 bits per heavy atom. The van der Waals surface area contributed by atoms with E-state index in [-0.39, 0.29) is 23.7 Å². The lowest BCUT2D eigenvalue weighted by molar-refractivity contribution is -0.384. The van der Waals surface area contributed by atoms with E-state index in [0.717, 1.165) is 11.6 Å². The summed E-state index contributed by atoms with van der Waals surface area (Å²) in [6, 6.07) is 8.33. The van der Waals surface area contributed by atoms with Crippen molar-refractivity contribution in [3.8, 4) is 5.75 Å². The van der Waals surface area contributed by atoms with Gasteiger partial charge in [-0.3, -0.25) is 14.9 Å². The molecule has 0 spiro atoms. The second-order valence-corrected chi connectivity index (χ2v) is 4.95. The van der Waals surface area contributed by atoms with Gasteiger partial charge in [-0.05, 0) is 37.1 Å². The normalized spacial score (nSPS) is 10.2. The minimum absolute atomic E-state index is 0.142. The van der Waals surface area contributed by atoms with E-state index < -0.39 is 16.6 Å². The van der Waals surface area contributed by atoms with Gasteiger partial charge in [-0.1, -0.05) is 12.1 Å². The molecule has 0 fully saturated rings. The molecule has 0 atom stereocenters. The van der Waals surface area contributed by atoms with Crippen molar-refractivity contribution in [2.24, 2.45) is 0 Å². The highest BCUT2D eigenvalue weighted by Crippen LogP contribution is 2.30. The van der Waals surface area contributed by atoms with Crippen LogP contribution < -0.4 is 10.1 Å². The van der Waals surface area contributed by atoms with E-state index in [1.54, 1.807) is 19.9 Å². The van der Waals surface area contributed by atoms with Gasteiger partial charge in [-0.25, -0.2) is 4.39 Å². The average Bonchev–Trinajstić information content (AvgIpc) is 2.50. The van der Waals surface area contributed by atoms with Crippen LogP contribution in [0.25, 0.3) is 0 Å². The predicted octanol–water partition coefficient (Wildman–Crippen LogP) is 3.37. The molecule has 0 saturated carbocycles. The molecule has 6 nitrogen and oxygen atoms in total. The van der Waals surface area contributed by atoms with Gasteiger partial charge in [0, 0.05) is 12.1 Å². The molecule has 1 N–H and O–H groups in total. The van der Waals surface area contributed by atoms with Crippen LogP contribution in [-0.4, -0.2) is 17.4 Å². The van der Waals surface area contributed by atoms with Crippen molar-refractivity contribution in [1.29, 1.82) is 0 Å². The number of nitro benzene ring substituents is 1. The Balaban J connectivity index is 2.11. The lowest BCUT2D eigenvalue weighted by atomic mass is 10.1. The van der Waals surface area contributed by atoms with Crippen molar-refractivity contribution in [3.63, 3.8) is 0 Å². The number of amides is 1. The van der Waals surface area contributed by atoms with Gasteiger partial charge in [0.25, 0.3) is 11.6 Å². The van der Waals surface area contributed by atoms with Gasteiger partial charge in [0.2, 0.25) is 0 Å². The summed E-state index contributed by atoms with van der Waals surface area (Å²) in [4.78, 5) is 22.5. The van der Waals surface area contributed by atoms with Crippen molar-refractivity contribution in [2.45, 2.75) is 13.8 Å². The number of hydrogen-bond donors (Lipinski definition) is 1. The van der Waals surface area contributed by atoms with Crippen LogP contribution >= 0.6 is 0 Å². The Bertz CT molecular complexity index is 762. The summed E-state index contributed by atoms with van der Waals surface area (Å²) in [6.45, 7) is 3.09. The summed E-state index contributed by atoms with van der Waals surface area (Å²) in [5, 5.41) is 13.6. The first kappa shape index (κ1) is 16.4. The third-order valence-electron chi connectivity index (χ3n) is 3.34. The van der Waals surface area contributed by atoms with Crippen LogP contribution in [0.5, 0.6) is 5.75 Å². The van der Waals surface area contributed by atoms with Crippen LogP contribution in [0, 0.1) is 29.8 Å². The van der Waals surface area contributed by atoms with Gasteiger partial charge < -0.3 is 10.1 Å². The van der Waals surface area contributed by atoms with Gasteiger partial charge in [0.15, 0.2) is 6.61 Å². The molecule has 0 aliphatic heterocycles. The van der Waals surface area contributed by atoms with Crippen molar-refractivity contribution in [1.82, 2.24) is 0 Å². The average molecular weight is 318 g/mol. The lowest BCUT2D eigenvalue weighted by Crippen LogP contribution is -2.21. The number of benzene rings is 2. The fraction of sp³-hybridized carbons (Fsp3) is 0.188. The molecule has 1 amide bonds. The van der Waals surface area contributed by atoms with Gasteiger partial charge in [-0.15, -0.1) is 0 Å². The molecule has 0 unspecified atom stereocenters. The van der Waals surface area contributed by atoms with E-state index in [0.29, 0.717) is 5.56 Å². The summed E-state index contributed by atoms with van der Waals surface area (Å²) in [6.07, 6.45) is 0. The molecule has 2 aromatic carbocycles. The Morgan fingerprint density at radius 3 is 2.70 bits per heavy atom. The molecule has 120 valence electrons. The maximum absolute atomic E-state index is 13.0. The molecule has 0 aliphatic carbocycles. The predicted molar refractivity (Wildman–Crippen MR) is 83.1 cm³/mol. The number of carbonyl (C=O) groups is 1. The van der Waals surface area contributed by atoms with Crippen LogP contribution in [0.4, 0.5) is 15.8 Å². The largest absolute Gasteiger partial charge is 0.484 e. The molecule has 0 heterocycles. The molecule has 23 heavy (non-hydrogen) atoms. The number of ether oxygens (including phenoxy) is 1. The molecule has 0 saturated heterocycles. The number of halogens is 1. The molecular weight excluding hydrogens is 303 g/mol. The van der Waals surface area contributed by atoms with Gasteiger partial charge in [0.05, 0.1) is 4.92 Å². The smallest absolute Gasteiger partial charge is 0.293 e. The molecule has 0 bridgehead atoms. The minimum atomic E-state index is -0.564. The minimum Gasteiger partial charge on any atom is -0.484 e. The summed E-state index contributed by atoms with van der Waals surface area (Å²) in [5.74, 6) is -0.838. The third kappa shape index (κ3) is 4.03. The number of carbonyl (C=O) groups excluding carboxylic acids is 1. The second kappa shape index (κ2) is 6.87. The molecule has 0 radical (unpaired) electrons. The second-order valence-electron chi connectivity index (χ2n) is 4.95.